The molecule has 3 aromatic carbocycles. The lowest BCUT2D eigenvalue weighted by Gasteiger charge is -2.30. The molecular formula is C29H31ClN4O6S. The van der Waals surface area contributed by atoms with Gasteiger partial charge >= 0.3 is 6.03 Å². The largest absolute Gasteiger partial charge is 0.494 e. The van der Waals surface area contributed by atoms with E-state index in [4.69, 9.17) is 16.3 Å². The number of sulfonamides is 1. The van der Waals surface area contributed by atoms with Crippen molar-refractivity contribution in [1.82, 2.24) is 10.2 Å². The number of nitrogens with zero attached hydrogens (tertiary/aromatic N) is 2. The normalized spacial score (nSPS) is 16.2. The molecule has 1 unspecified atom stereocenters. The topological polar surface area (TPSA) is 125 Å². The van der Waals surface area contributed by atoms with E-state index in [0.29, 0.717) is 35.4 Å². The van der Waals surface area contributed by atoms with Crippen molar-refractivity contribution in [3.63, 3.8) is 0 Å². The van der Waals surface area contributed by atoms with Crippen molar-refractivity contribution >= 4 is 50.8 Å². The molecule has 0 saturated heterocycles. The third-order valence-corrected chi connectivity index (χ3v) is 8.78. The zero-order valence-corrected chi connectivity index (χ0v) is 24.7. The number of hydrogen-bond acceptors (Lipinski definition) is 6. The lowest BCUT2D eigenvalue weighted by atomic mass is 9.83. The number of anilines is 2. The highest BCUT2D eigenvalue weighted by molar-refractivity contribution is 7.93. The van der Waals surface area contributed by atoms with Crippen molar-refractivity contribution in [2.45, 2.75) is 38.1 Å². The first kappa shape index (κ1) is 29.9. The van der Waals surface area contributed by atoms with Gasteiger partial charge in [0.05, 0.1) is 17.2 Å². The quantitative estimate of drug-likeness (QED) is 0.367. The molecule has 12 heteroatoms. The number of nitrogens with one attached hydrogen (secondary N) is 2. The number of carbonyl (C=O) groups excluding carboxylic acids is 3. The van der Waals surface area contributed by atoms with Gasteiger partial charge in [-0.15, -0.1) is 0 Å². The Morgan fingerprint density at radius 1 is 0.976 bits per heavy atom. The molecule has 0 bridgehead atoms. The van der Waals surface area contributed by atoms with Gasteiger partial charge in [0.15, 0.2) is 5.54 Å². The van der Waals surface area contributed by atoms with Gasteiger partial charge in [0.1, 0.15) is 5.75 Å². The van der Waals surface area contributed by atoms with Crippen LogP contribution in [0.4, 0.5) is 16.2 Å². The molecule has 1 atom stereocenters. The number of rotatable bonds is 9. The fraction of sp³-hybridized carbons (Fsp3) is 0.276. The van der Waals surface area contributed by atoms with Crippen LogP contribution in [0.5, 0.6) is 5.75 Å². The highest BCUT2D eigenvalue weighted by Crippen LogP contribution is 2.49. The maximum Gasteiger partial charge on any atom is 0.321 e. The summed E-state index contributed by atoms with van der Waals surface area (Å²) in [6.45, 7) is 8.08. The third kappa shape index (κ3) is 5.34. The summed E-state index contributed by atoms with van der Waals surface area (Å²) >= 11 is 6.55. The number of urea groups is 1. The van der Waals surface area contributed by atoms with Gasteiger partial charge in [-0.2, -0.15) is 4.31 Å². The molecule has 1 aliphatic heterocycles. The van der Waals surface area contributed by atoms with Crippen LogP contribution in [0.15, 0.2) is 71.6 Å². The monoisotopic (exact) mass is 598 g/mol. The Balaban J connectivity index is 1.85. The number of benzene rings is 3. The van der Waals surface area contributed by atoms with Gasteiger partial charge < -0.3 is 20.3 Å². The maximum absolute atomic E-state index is 14.4. The van der Waals surface area contributed by atoms with Gasteiger partial charge in [0.2, 0.25) is 5.91 Å². The molecule has 0 radical (unpaired) electrons. The summed E-state index contributed by atoms with van der Waals surface area (Å²) < 4.78 is 34.5. The van der Waals surface area contributed by atoms with Crippen LogP contribution < -0.4 is 19.7 Å². The number of fused-ring (bicyclic) bond motifs is 1. The van der Waals surface area contributed by atoms with Crippen LogP contribution in [-0.2, 0) is 25.2 Å². The van der Waals surface area contributed by atoms with Crippen LogP contribution in [-0.4, -0.2) is 50.9 Å². The van der Waals surface area contributed by atoms with Crippen molar-refractivity contribution < 1.29 is 27.5 Å². The Morgan fingerprint density at radius 3 is 2.22 bits per heavy atom. The second-order valence-corrected chi connectivity index (χ2v) is 11.4. The molecule has 0 saturated carbocycles. The van der Waals surface area contributed by atoms with Crippen LogP contribution in [0.3, 0.4) is 0 Å². The summed E-state index contributed by atoms with van der Waals surface area (Å²) in [6, 6.07) is 16.2. The van der Waals surface area contributed by atoms with Crippen LogP contribution in [0.1, 0.15) is 38.8 Å². The Bertz CT molecular complexity index is 1590. The average Bonchev–Trinajstić information content (AvgIpc) is 3.17. The smallest absolute Gasteiger partial charge is 0.321 e. The first-order valence-electron chi connectivity index (χ1n) is 13.1. The molecule has 10 nitrogen and oxygen atoms in total. The van der Waals surface area contributed by atoms with E-state index in [0.717, 1.165) is 0 Å². The summed E-state index contributed by atoms with van der Waals surface area (Å²) in [5.74, 6) is -1.12. The molecule has 4 amide bonds. The summed E-state index contributed by atoms with van der Waals surface area (Å²) in [4.78, 5) is 40.8. The van der Waals surface area contributed by atoms with E-state index in [1.807, 2.05) is 13.8 Å². The van der Waals surface area contributed by atoms with Crippen LogP contribution in [0.25, 0.3) is 0 Å². The van der Waals surface area contributed by atoms with Crippen LogP contribution >= 0.6 is 11.6 Å². The molecule has 1 heterocycles. The Morgan fingerprint density at radius 2 is 1.63 bits per heavy atom. The van der Waals surface area contributed by atoms with Crippen LogP contribution in [0.2, 0.25) is 5.02 Å². The van der Waals surface area contributed by atoms with E-state index in [-0.39, 0.29) is 32.8 Å². The molecule has 216 valence electrons. The van der Waals surface area contributed by atoms with E-state index >= 15 is 0 Å². The Hall–Kier alpha value is -4.09. The van der Waals surface area contributed by atoms with E-state index < -0.39 is 27.4 Å². The van der Waals surface area contributed by atoms with Crippen molar-refractivity contribution in [1.29, 1.82) is 0 Å². The molecule has 0 aromatic heterocycles. The lowest BCUT2D eigenvalue weighted by Crippen LogP contribution is -2.54. The molecule has 0 spiro atoms. The number of ether oxygens (including phenoxy) is 1. The standard InChI is InChI=1S/C29H31ClN4O6S/c1-5-33(6-2)28(37)31-20-12-15-22(16-13-20)41(38,39)34-26-17-14-21(40-7-3)18-24(26)29(27(34)36,32-19(4)35)23-10-8-9-11-25(23)30/h8-18H,5-7H2,1-4H3,(H,31,37)(H,32,35). The van der Waals surface area contributed by atoms with Gasteiger partial charge in [0.25, 0.3) is 15.9 Å². The number of halogens is 1. The molecule has 2 N–H and O–H groups in total. The highest BCUT2D eigenvalue weighted by Gasteiger charge is 2.57. The van der Waals surface area contributed by atoms with E-state index in [1.165, 1.54) is 43.3 Å². The summed E-state index contributed by atoms with van der Waals surface area (Å²) in [5, 5.41) is 5.60. The fourth-order valence-electron chi connectivity index (χ4n) is 4.87. The third-order valence-electron chi connectivity index (χ3n) is 6.74. The zero-order valence-electron chi connectivity index (χ0n) is 23.1. The number of carbonyl (C=O) groups is 3. The van der Waals surface area contributed by atoms with Crippen molar-refractivity contribution in [3.8, 4) is 5.75 Å². The minimum atomic E-state index is -4.50. The minimum absolute atomic E-state index is 0.0473. The molecule has 41 heavy (non-hydrogen) atoms. The number of hydrogen-bond donors (Lipinski definition) is 2. The fourth-order valence-corrected chi connectivity index (χ4v) is 6.61. The first-order valence-corrected chi connectivity index (χ1v) is 14.9. The number of amides is 4. The lowest BCUT2D eigenvalue weighted by molar-refractivity contribution is -0.128. The van der Waals surface area contributed by atoms with E-state index in [2.05, 4.69) is 10.6 Å². The van der Waals surface area contributed by atoms with Crippen molar-refractivity contribution in [2.75, 3.05) is 29.3 Å². The molecule has 4 rings (SSSR count). The minimum Gasteiger partial charge on any atom is -0.494 e. The predicted molar refractivity (Wildman–Crippen MR) is 157 cm³/mol. The Labute approximate surface area is 244 Å². The first-order chi connectivity index (χ1) is 19.5. The van der Waals surface area contributed by atoms with E-state index in [1.54, 1.807) is 42.2 Å². The van der Waals surface area contributed by atoms with Gasteiger partial charge in [-0.05, 0) is 69.3 Å². The molecule has 0 aliphatic carbocycles. The zero-order chi connectivity index (χ0) is 29.9. The SMILES string of the molecule is CCOc1ccc2c(c1)C(NC(C)=O)(c1ccccc1Cl)C(=O)N2S(=O)(=O)c1ccc(NC(=O)N(CC)CC)cc1. The van der Waals surface area contributed by atoms with Gasteiger partial charge in [-0.1, -0.05) is 29.8 Å². The Kier molecular flexibility index (Phi) is 8.60. The highest BCUT2D eigenvalue weighted by atomic mass is 35.5. The van der Waals surface area contributed by atoms with Gasteiger partial charge in [-0.25, -0.2) is 13.2 Å². The molecular weight excluding hydrogens is 568 g/mol. The van der Waals surface area contributed by atoms with E-state index in [9.17, 15) is 22.8 Å². The van der Waals surface area contributed by atoms with Crippen molar-refractivity contribution in [3.05, 3.63) is 82.9 Å². The molecule has 3 aromatic rings. The van der Waals surface area contributed by atoms with Gasteiger partial charge in [0, 0.05) is 41.9 Å². The van der Waals surface area contributed by atoms with Gasteiger partial charge in [-0.3, -0.25) is 9.59 Å². The maximum atomic E-state index is 14.4. The summed E-state index contributed by atoms with van der Waals surface area (Å²) in [5.41, 5.74) is -1.10. The molecule has 1 aliphatic rings. The summed E-state index contributed by atoms with van der Waals surface area (Å²) in [6.07, 6.45) is 0. The predicted octanol–water partition coefficient (Wildman–Crippen LogP) is 4.73. The van der Waals surface area contributed by atoms with Crippen LogP contribution in [0, 0.1) is 0 Å². The average molecular weight is 599 g/mol. The summed E-state index contributed by atoms with van der Waals surface area (Å²) in [7, 11) is -4.50. The second-order valence-electron chi connectivity index (χ2n) is 9.22. The molecule has 0 fully saturated rings. The van der Waals surface area contributed by atoms with Crippen molar-refractivity contribution in [2.24, 2.45) is 0 Å². The second kappa shape index (κ2) is 11.8.